The topological polar surface area (TPSA) is 3.24 Å². The number of nitrogens with zero attached hydrogens (tertiary/aromatic N) is 1. The number of fused-ring (bicyclic) bond motifs is 1. The van der Waals surface area contributed by atoms with Crippen LogP contribution in [0.1, 0.15) is 17.5 Å². The molecule has 0 fully saturated rings. The van der Waals surface area contributed by atoms with Gasteiger partial charge >= 0.3 is 0 Å². The van der Waals surface area contributed by atoms with Gasteiger partial charge in [-0.2, -0.15) is 0 Å². The average molecular weight is 176 g/mol. The van der Waals surface area contributed by atoms with Gasteiger partial charge < -0.3 is 4.90 Å². The summed E-state index contributed by atoms with van der Waals surface area (Å²) in [5.74, 6) is 0. The summed E-state index contributed by atoms with van der Waals surface area (Å²) in [5.41, 5.74) is 2.95. The lowest BCUT2D eigenvalue weighted by Gasteiger charge is -1.92. The molecule has 1 radical (unpaired) electrons. The minimum atomic E-state index is 1.24. The second-order valence-electron chi connectivity index (χ2n) is 3.78. The van der Waals surface area contributed by atoms with Gasteiger partial charge in [0, 0.05) is 0 Å². The lowest BCUT2D eigenvalue weighted by Crippen LogP contribution is -1.99. The summed E-state index contributed by atoms with van der Waals surface area (Å²) in [4.78, 5) is 2.00. The fraction of sp³-hybridized carbons (Fsp3) is 0.417. The van der Waals surface area contributed by atoms with Gasteiger partial charge in [0.2, 0.25) is 0 Å². The predicted molar refractivity (Wildman–Crippen MR) is 57.8 cm³/mol. The summed E-state index contributed by atoms with van der Waals surface area (Å²) in [5, 5.41) is 0. The van der Waals surface area contributed by atoms with E-state index in [0.717, 1.165) is 0 Å². The Morgan fingerprint density at radius 1 is 1.08 bits per heavy atom. The molecule has 1 nitrogen and oxygen atoms in total. The summed E-state index contributed by atoms with van der Waals surface area (Å²) >= 11 is 0. The lowest BCUT2D eigenvalue weighted by atomic mass is 10.1. The van der Waals surface area contributed by atoms with Crippen molar-refractivity contribution in [3.63, 3.8) is 0 Å². The Kier molecular flexibility index (Phi) is 3.97. The summed E-state index contributed by atoms with van der Waals surface area (Å²) in [6.07, 6.45) is 4.78. The van der Waals surface area contributed by atoms with Crippen molar-refractivity contribution in [2.45, 2.75) is 12.8 Å². The molecule has 1 heteroatoms. The molecule has 0 bridgehead atoms. The molecule has 0 saturated heterocycles. The van der Waals surface area contributed by atoms with Crippen molar-refractivity contribution >= 4 is 0 Å². The fourth-order valence-electron chi connectivity index (χ4n) is 1.34. The zero-order chi connectivity index (χ0) is 9.68. The van der Waals surface area contributed by atoms with Crippen LogP contribution in [-0.4, -0.2) is 26.0 Å². The van der Waals surface area contributed by atoms with E-state index < -0.39 is 0 Å². The molecular formula is C12H18N. The van der Waals surface area contributed by atoms with Gasteiger partial charge in [0.1, 0.15) is 0 Å². The highest BCUT2D eigenvalue weighted by molar-refractivity contribution is 5.37. The molecule has 0 aromatic heterocycles. The van der Waals surface area contributed by atoms with Crippen molar-refractivity contribution in [3.8, 4) is 0 Å². The second-order valence-corrected chi connectivity index (χ2v) is 3.78. The van der Waals surface area contributed by atoms with Crippen LogP contribution in [0.15, 0.2) is 24.3 Å². The molecule has 0 N–H and O–H groups in total. The largest absolute Gasteiger partial charge is 0.312 e. The minimum absolute atomic E-state index is 1.24. The van der Waals surface area contributed by atoms with E-state index >= 15 is 0 Å². The Hall–Kier alpha value is -0.820. The van der Waals surface area contributed by atoms with Gasteiger partial charge in [-0.05, 0) is 51.5 Å². The fourth-order valence-corrected chi connectivity index (χ4v) is 1.34. The van der Waals surface area contributed by atoms with Crippen molar-refractivity contribution in [1.29, 1.82) is 0 Å². The van der Waals surface area contributed by atoms with Gasteiger partial charge in [0.05, 0.1) is 0 Å². The molecule has 13 heavy (non-hydrogen) atoms. The first kappa shape index (κ1) is 10.3. The predicted octanol–water partition coefficient (Wildman–Crippen LogP) is 2.36. The molecule has 0 spiro atoms. The highest BCUT2D eigenvalue weighted by atomic mass is 15.0. The maximum absolute atomic E-state index is 2.30. The zero-order valence-corrected chi connectivity index (χ0v) is 8.75. The number of hydrogen-bond donors (Lipinski definition) is 0. The van der Waals surface area contributed by atoms with Crippen LogP contribution in [0.2, 0.25) is 0 Å². The Morgan fingerprint density at radius 2 is 1.69 bits per heavy atom. The van der Waals surface area contributed by atoms with Gasteiger partial charge in [-0.25, -0.2) is 0 Å². The molecule has 0 amide bonds. The Balaban J connectivity index is 0.000000184. The molecular weight excluding hydrogens is 158 g/mol. The van der Waals surface area contributed by atoms with Crippen LogP contribution in [0.3, 0.4) is 0 Å². The van der Waals surface area contributed by atoms with Crippen molar-refractivity contribution in [2.75, 3.05) is 21.1 Å². The standard InChI is InChI=1S/C9H9.C3H9N/c1-2-5-9-7-3-6-8(9)4-1;1-4(2)3/h1-2,4-6H,3,7H2;1-3H3. The SMILES string of the molecule is CN(C)C.[CH]1CCc2ccccc21. The van der Waals surface area contributed by atoms with E-state index in [1.807, 2.05) is 26.0 Å². The van der Waals surface area contributed by atoms with Crippen LogP contribution in [-0.2, 0) is 6.42 Å². The van der Waals surface area contributed by atoms with Crippen molar-refractivity contribution < 1.29 is 0 Å². The molecule has 2 rings (SSSR count). The second kappa shape index (κ2) is 5.03. The van der Waals surface area contributed by atoms with E-state index in [0.29, 0.717) is 0 Å². The maximum atomic E-state index is 2.30. The number of benzene rings is 1. The smallest absolute Gasteiger partial charge is 0.00870 e. The Bertz CT molecular complexity index is 227. The van der Waals surface area contributed by atoms with Crippen LogP contribution in [0.5, 0.6) is 0 Å². The Morgan fingerprint density at radius 3 is 2.31 bits per heavy atom. The molecule has 1 aromatic carbocycles. The van der Waals surface area contributed by atoms with Crippen LogP contribution in [0.25, 0.3) is 0 Å². The molecule has 0 aliphatic heterocycles. The van der Waals surface area contributed by atoms with E-state index in [-0.39, 0.29) is 0 Å². The third-order valence-electron chi connectivity index (χ3n) is 1.83. The highest BCUT2D eigenvalue weighted by Crippen LogP contribution is 2.21. The molecule has 0 heterocycles. The van der Waals surface area contributed by atoms with Crippen molar-refractivity contribution in [2.24, 2.45) is 0 Å². The highest BCUT2D eigenvalue weighted by Gasteiger charge is 2.07. The number of hydrogen-bond acceptors (Lipinski definition) is 1. The maximum Gasteiger partial charge on any atom is -0.00870 e. The Labute approximate surface area is 81.4 Å². The van der Waals surface area contributed by atoms with E-state index in [1.165, 1.54) is 24.0 Å². The van der Waals surface area contributed by atoms with Gasteiger partial charge in [0.25, 0.3) is 0 Å². The monoisotopic (exact) mass is 176 g/mol. The minimum Gasteiger partial charge on any atom is -0.312 e. The van der Waals surface area contributed by atoms with E-state index in [4.69, 9.17) is 0 Å². The molecule has 1 aromatic rings. The van der Waals surface area contributed by atoms with Crippen LogP contribution in [0, 0.1) is 6.42 Å². The van der Waals surface area contributed by atoms with Gasteiger partial charge in [-0.1, -0.05) is 24.3 Å². The van der Waals surface area contributed by atoms with Gasteiger partial charge in [-0.3, -0.25) is 0 Å². The first-order valence-electron chi connectivity index (χ1n) is 4.72. The van der Waals surface area contributed by atoms with Crippen LogP contribution in [0.4, 0.5) is 0 Å². The van der Waals surface area contributed by atoms with E-state index in [1.54, 1.807) is 0 Å². The van der Waals surface area contributed by atoms with Crippen LogP contribution < -0.4 is 0 Å². The van der Waals surface area contributed by atoms with Gasteiger partial charge in [0.15, 0.2) is 0 Å². The summed E-state index contributed by atoms with van der Waals surface area (Å²) in [7, 11) is 6.00. The molecule has 1 aliphatic rings. The number of rotatable bonds is 0. The lowest BCUT2D eigenvalue weighted by molar-refractivity contribution is 0.505. The molecule has 71 valence electrons. The zero-order valence-electron chi connectivity index (χ0n) is 8.75. The third kappa shape index (κ3) is 3.60. The number of aryl methyl sites for hydroxylation is 1. The van der Waals surface area contributed by atoms with E-state index in [2.05, 4.69) is 30.7 Å². The molecule has 1 aliphatic carbocycles. The van der Waals surface area contributed by atoms with E-state index in [9.17, 15) is 0 Å². The quantitative estimate of drug-likeness (QED) is 0.586. The third-order valence-corrected chi connectivity index (χ3v) is 1.83. The normalized spacial score (nSPS) is 13.5. The molecule has 0 unspecified atom stereocenters. The first-order valence-corrected chi connectivity index (χ1v) is 4.72. The summed E-state index contributed by atoms with van der Waals surface area (Å²) in [6, 6.07) is 8.60. The summed E-state index contributed by atoms with van der Waals surface area (Å²) < 4.78 is 0. The van der Waals surface area contributed by atoms with Crippen molar-refractivity contribution in [1.82, 2.24) is 4.90 Å². The van der Waals surface area contributed by atoms with Crippen LogP contribution >= 0.6 is 0 Å². The van der Waals surface area contributed by atoms with Crippen molar-refractivity contribution in [3.05, 3.63) is 41.8 Å². The average Bonchev–Trinajstić information content (AvgIpc) is 2.49. The molecule has 0 atom stereocenters. The van der Waals surface area contributed by atoms with Gasteiger partial charge in [-0.15, -0.1) is 0 Å². The molecule has 0 saturated carbocycles. The summed E-state index contributed by atoms with van der Waals surface area (Å²) in [6.45, 7) is 0. The first-order chi connectivity index (χ1) is 6.20.